The summed E-state index contributed by atoms with van der Waals surface area (Å²) in [6, 6.07) is 10.2. The number of oxazole rings is 1. The Morgan fingerprint density at radius 1 is 1.30 bits per heavy atom. The van der Waals surface area contributed by atoms with Gasteiger partial charge < -0.3 is 19.8 Å². The van der Waals surface area contributed by atoms with Crippen molar-refractivity contribution in [3.8, 4) is 0 Å². The zero-order valence-electron chi connectivity index (χ0n) is 13.1. The highest BCUT2D eigenvalue weighted by Crippen LogP contribution is 2.20. The number of alkyl carbamates (subject to hydrolysis) is 1. The molecule has 3 rings (SSSR count). The highest BCUT2D eigenvalue weighted by Gasteiger charge is 2.30. The number of nitrogens with one attached hydrogen (secondary N) is 2. The molecule has 6 heteroatoms. The minimum Gasteiger partial charge on any atom is -0.445 e. The van der Waals surface area contributed by atoms with Gasteiger partial charge in [0.05, 0.1) is 12.7 Å². The second-order valence-corrected chi connectivity index (χ2v) is 5.82. The van der Waals surface area contributed by atoms with Crippen molar-refractivity contribution in [1.29, 1.82) is 0 Å². The van der Waals surface area contributed by atoms with E-state index in [0.717, 1.165) is 24.2 Å². The average molecular weight is 315 g/mol. The van der Waals surface area contributed by atoms with Crippen LogP contribution in [-0.2, 0) is 17.9 Å². The van der Waals surface area contributed by atoms with Gasteiger partial charge in [-0.3, -0.25) is 0 Å². The SMILES string of the molecule is Cc1cnc(CNC2CC(NC(=O)OCc3ccccc3)C2)o1. The van der Waals surface area contributed by atoms with Crippen LogP contribution in [0.5, 0.6) is 0 Å². The van der Waals surface area contributed by atoms with Gasteiger partial charge in [0, 0.05) is 12.1 Å². The van der Waals surface area contributed by atoms with Gasteiger partial charge in [-0.15, -0.1) is 0 Å². The van der Waals surface area contributed by atoms with Gasteiger partial charge in [-0.05, 0) is 25.3 Å². The molecule has 0 unspecified atom stereocenters. The fraction of sp³-hybridized carbons (Fsp3) is 0.412. The van der Waals surface area contributed by atoms with Gasteiger partial charge >= 0.3 is 6.09 Å². The molecule has 0 bridgehead atoms. The van der Waals surface area contributed by atoms with Crippen LogP contribution in [0.1, 0.15) is 30.1 Å². The number of aryl methyl sites for hydroxylation is 1. The largest absolute Gasteiger partial charge is 0.445 e. The Labute approximate surface area is 135 Å². The van der Waals surface area contributed by atoms with Crippen molar-refractivity contribution in [2.24, 2.45) is 0 Å². The lowest BCUT2D eigenvalue weighted by atomic mass is 9.87. The third kappa shape index (κ3) is 4.56. The van der Waals surface area contributed by atoms with Crippen molar-refractivity contribution in [2.45, 2.75) is 45.0 Å². The first-order valence-corrected chi connectivity index (χ1v) is 7.81. The lowest BCUT2D eigenvalue weighted by Gasteiger charge is -2.35. The first-order valence-electron chi connectivity index (χ1n) is 7.81. The first kappa shape index (κ1) is 15.6. The summed E-state index contributed by atoms with van der Waals surface area (Å²) in [6.07, 6.45) is 3.13. The number of amides is 1. The maximum Gasteiger partial charge on any atom is 0.407 e. The van der Waals surface area contributed by atoms with Gasteiger partial charge in [-0.1, -0.05) is 30.3 Å². The molecule has 23 heavy (non-hydrogen) atoms. The Hall–Kier alpha value is -2.34. The van der Waals surface area contributed by atoms with Crippen molar-refractivity contribution in [2.75, 3.05) is 0 Å². The van der Waals surface area contributed by atoms with E-state index in [-0.39, 0.29) is 12.1 Å². The second-order valence-electron chi connectivity index (χ2n) is 5.82. The molecule has 1 fully saturated rings. The summed E-state index contributed by atoms with van der Waals surface area (Å²) in [5.74, 6) is 1.51. The quantitative estimate of drug-likeness (QED) is 0.856. The van der Waals surface area contributed by atoms with Crippen LogP contribution in [0.15, 0.2) is 40.9 Å². The molecule has 0 saturated heterocycles. The van der Waals surface area contributed by atoms with Gasteiger partial charge in [0.1, 0.15) is 12.4 Å². The molecule has 0 radical (unpaired) electrons. The average Bonchev–Trinajstić information content (AvgIpc) is 2.94. The van der Waals surface area contributed by atoms with E-state index in [1.54, 1.807) is 6.20 Å². The number of rotatable bonds is 6. The number of hydrogen-bond donors (Lipinski definition) is 2. The molecule has 1 saturated carbocycles. The molecule has 1 aromatic heterocycles. The molecule has 0 atom stereocenters. The zero-order chi connectivity index (χ0) is 16.1. The predicted molar refractivity (Wildman–Crippen MR) is 84.7 cm³/mol. The van der Waals surface area contributed by atoms with Crippen LogP contribution in [0.25, 0.3) is 0 Å². The minimum atomic E-state index is -0.361. The van der Waals surface area contributed by atoms with E-state index in [1.165, 1.54) is 0 Å². The maximum absolute atomic E-state index is 11.7. The number of carbonyl (C=O) groups excluding carboxylic acids is 1. The van der Waals surface area contributed by atoms with Crippen molar-refractivity contribution >= 4 is 6.09 Å². The molecule has 2 aromatic rings. The van der Waals surface area contributed by atoms with Crippen molar-refractivity contribution < 1.29 is 13.9 Å². The van der Waals surface area contributed by atoms with Gasteiger partial charge in [-0.2, -0.15) is 0 Å². The normalized spacial score (nSPS) is 19.9. The van der Waals surface area contributed by atoms with Crippen LogP contribution in [0.2, 0.25) is 0 Å². The van der Waals surface area contributed by atoms with Gasteiger partial charge in [0.15, 0.2) is 0 Å². The van der Waals surface area contributed by atoms with Crippen molar-refractivity contribution in [3.63, 3.8) is 0 Å². The van der Waals surface area contributed by atoms with E-state index < -0.39 is 0 Å². The molecular weight excluding hydrogens is 294 g/mol. The molecule has 0 aliphatic heterocycles. The number of benzene rings is 1. The standard InChI is InChI=1S/C17H21N3O3/c1-12-9-19-16(23-12)10-18-14-7-15(8-14)20-17(21)22-11-13-5-3-2-4-6-13/h2-6,9,14-15,18H,7-8,10-11H2,1H3,(H,20,21). The fourth-order valence-electron chi connectivity index (χ4n) is 2.55. The Balaban J connectivity index is 1.30. The number of nitrogens with zero attached hydrogens (tertiary/aromatic N) is 1. The molecule has 1 amide bonds. The van der Waals surface area contributed by atoms with Crippen LogP contribution < -0.4 is 10.6 Å². The third-order valence-corrected chi connectivity index (χ3v) is 3.88. The Morgan fingerprint density at radius 3 is 2.78 bits per heavy atom. The van der Waals surface area contributed by atoms with E-state index in [2.05, 4.69) is 15.6 Å². The third-order valence-electron chi connectivity index (χ3n) is 3.88. The fourth-order valence-corrected chi connectivity index (χ4v) is 2.55. The summed E-state index contributed by atoms with van der Waals surface area (Å²) in [6.45, 7) is 2.79. The number of carbonyl (C=O) groups is 1. The Morgan fingerprint density at radius 2 is 2.09 bits per heavy atom. The van der Waals surface area contributed by atoms with Crippen molar-refractivity contribution in [1.82, 2.24) is 15.6 Å². The molecule has 1 aliphatic rings. The monoisotopic (exact) mass is 315 g/mol. The van der Waals surface area contributed by atoms with Gasteiger partial charge in [0.2, 0.25) is 5.89 Å². The first-order chi connectivity index (χ1) is 11.2. The van der Waals surface area contributed by atoms with E-state index in [0.29, 0.717) is 25.1 Å². The maximum atomic E-state index is 11.7. The van der Waals surface area contributed by atoms with E-state index >= 15 is 0 Å². The second kappa shape index (κ2) is 7.28. The molecule has 1 heterocycles. The highest BCUT2D eigenvalue weighted by atomic mass is 16.5. The minimum absolute atomic E-state index is 0.169. The molecule has 6 nitrogen and oxygen atoms in total. The Bertz CT molecular complexity index is 636. The predicted octanol–water partition coefficient (Wildman–Crippen LogP) is 2.53. The van der Waals surface area contributed by atoms with Crippen LogP contribution in [-0.4, -0.2) is 23.2 Å². The van der Waals surface area contributed by atoms with E-state index in [9.17, 15) is 4.79 Å². The zero-order valence-corrected chi connectivity index (χ0v) is 13.1. The van der Waals surface area contributed by atoms with Crippen LogP contribution in [0.4, 0.5) is 4.79 Å². The summed E-state index contributed by atoms with van der Waals surface area (Å²) in [5.41, 5.74) is 0.983. The van der Waals surface area contributed by atoms with E-state index in [4.69, 9.17) is 9.15 Å². The molecule has 1 aliphatic carbocycles. The molecule has 1 aromatic carbocycles. The highest BCUT2D eigenvalue weighted by molar-refractivity contribution is 5.67. The molecular formula is C17H21N3O3. The molecule has 122 valence electrons. The van der Waals surface area contributed by atoms with Gasteiger partial charge in [-0.25, -0.2) is 9.78 Å². The number of aromatic nitrogens is 1. The molecule has 0 spiro atoms. The topological polar surface area (TPSA) is 76.4 Å². The summed E-state index contributed by atoms with van der Waals surface area (Å²) in [5, 5.41) is 6.24. The van der Waals surface area contributed by atoms with Crippen molar-refractivity contribution in [3.05, 3.63) is 53.7 Å². The number of hydrogen-bond acceptors (Lipinski definition) is 5. The van der Waals surface area contributed by atoms with Crippen LogP contribution in [0, 0.1) is 6.92 Å². The lowest BCUT2D eigenvalue weighted by molar-refractivity contribution is 0.125. The summed E-state index contributed by atoms with van der Waals surface area (Å²) >= 11 is 0. The number of ether oxygens (including phenoxy) is 1. The summed E-state index contributed by atoms with van der Waals surface area (Å²) < 4.78 is 10.6. The van der Waals surface area contributed by atoms with Crippen LogP contribution >= 0.6 is 0 Å². The van der Waals surface area contributed by atoms with Gasteiger partial charge in [0.25, 0.3) is 0 Å². The summed E-state index contributed by atoms with van der Waals surface area (Å²) in [4.78, 5) is 15.9. The smallest absolute Gasteiger partial charge is 0.407 e. The summed E-state index contributed by atoms with van der Waals surface area (Å²) in [7, 11) is 0. The Kier molecular flexibility index (Phi) is 4.92. The molecule has 2 N–H and O–H groups in total. The van der Waals surface area contributed by atoms with E-state index in [1.807, 2.05) is 37.3 Å². The van der Waals surface area contributed by atoms with Crippen LogP contribution in [0.3, 0.4) is 0 Å². The lowest BCUT2D eigenvalue weighted by Crippen LogP contribution is -2.52.